The lowest BCUT2D eigenvalue weighted by atomic mass is 10.0. The predicted molar refractivity (Wildman–Crippen MR) is 125 cm³/mol. The molecule has 176 valence electrons. The van der Waals surface area contributed by atoms with Gasteiger partial charge in [-0.25, -0.2) is 13.4 Å². The van der Waals surface area contributed by atoms with Crippen LogP contribution < -0.4 is 10.5 Å². The van der Waals surface area contributed by atoms with Crippen LogP contribution in [0.1, 0.15) is 28.9 Å². The molecule has 33 heavy (non-hydrogen) atoms. The van der Waals surface area contributed by atoms with Gasteiger partial charge in [0.05, 0.1) is 23.1 Å². The van der Waals surface area contributed by atoms with Crippen LogP contribution in [0.25, 0.3) is 0 Å². The molecule has 10 heteroatoms. The topological polar surface area (TPSA) is 125 Å². The number of aliphatic hydroxyl groups is 1. The predicted octanol–water partition coefficient (Wildman–Crippen LogP) is 2.87. The van der Waals surface area contributed by atoms with Gasteiger partial charge in [0, 0.05) is 17.8 Å². The monoisotopic (exact) mass is 491 g/mol. The second-order valence-electron chi connectivity index (χ2n) is 7.59. The molecule has 0 aliphatic rings. The Hall–Kier alpha value is -2.88. The number of nitrogens with two attached hydrogens (primary N) is 1. The third kappa shape index (κ3) is 7.31. The van der Waals surface area contributed by atoms with Crippen molar-refractivity contribution < 1.29 is 23.1 Å². The molecule has 0 spiro atoms. The van der Waals surface area contributed by atoms with E-state index in [4.69, 9.17) is 22.1 Å². The molecule has 1 heterocycles. The average molecular weight is 492 g/mol. The zero-order valence-corrected chi connectivity index (χ0v) is 19.5. The van der Waals surface area contributed by atoms with E-state index < -0.39 is 21.8 Å². The number of amides is 1. The van der Waals surface area contributed by atoms with E-state index in [0.29, 0.717) is 36.6 Å². The molecular weight excluding hydrogens is 466 g/mol. The maximum absolute atomic E-state index is 12.5. The van der Waals surface area contributed by atoms with Gasteiger partial charge >= 0.3 is 0 Å². The molecule has 0 saturated heterocycles. The van der Waals surface area contributed by atoms with Crippen molar-refractivity contribution in [3.05, 3.63) is 77.3 Å². The second-order valence-corrected chi connectivity index (χ2v) is 10.1. The van der Waals surface area contributed by atoms with Gasteiger partial charge < -0.3 is 20.1 Å². The summed E-state index contributed by atoms with van der Waals surface area (Å²) in [5.41, 5.74) is 6.28. The fourth-order valence-electron chi connectivity index (χ4n) is 3.32. The number of rotatable bonds is 12. The zero-order chi connectivity index (χ0) is 23.8. The summed E-state index contributed by atoms with van der Waals surface area (Å²) in [5, 5.41) is 10.8. The summed E-state index contributed by atoms with van der Waals surface area (Å²) in [6, 6.07) is 13.5. The highest BCUT2D eigenvalue weighted by molar-refractivity contribution is 7.91. The summed E-state index contributed by atoms with van der Waals surface area (Å²) in [7, 11) is -3.47. The summed E-state index contributed by atoms with van der Waals surface area (Å²) in [6.45, 7) is 0.328. The van der Waals surface area contributed by atoms with Crippen LogP contribution in [0.2, 0.25) is 5.02 Å². The first kappa shape index (κ1) is 24.8. The number of aliphatic hydroxyl groups excluding tert-OH is 1. The van der Waals surface area contributed by atoms with Crippen molar-refractivity contribution in [2.75, 3.05) is 12.4 Å². The summed E-state index contributed by atoms with van der Waals surface area (Å²) < 4.78 is 32.3. The average Bonchev–Trinajstić information content (AvgIpc) is 3.24. The number of aromatic nitrogens is 2. The van der Waals surface area contributed by atoms with Crippen molar-refractivity contribution in [1.29, 1.82) is 0 Å². The van der Waals surface area contributed by atoms with Crippen LogP contribution >= 0.6 is 11.6 Å². The maximum atomic E-state index is 12.5. The highest BCUT2D eigenvalue weighted by Crippen LogP contribution is 2.21. The molecule has 0 aliphatic carbocycles. The van der Waals surface area contributed by atoms with Crippen LogP contribution in [-0.2, 0) is 22.8 Å². The number of nitrogens with zero attached hydrogens (tertiary/aromatic N) is 2. The smallest absolute Gasteiger partial charge is 0.268 e. The maximum Gasteiger partial charge on any atom is 0.268 e. The molecular formula is C23H26ClN3O5S. The first-order valence-electron chi connectivity index (χ1n) is 10.4. The highest BCUT2D eigenvalue weighted by Gasteiger charge is 2.15. The molecule has 0 fully saturated rings. The molecule has 0 radical (unpaired) electrons. The Bertz CT molecular complexity index is 1180. The lowest BCUT2D eigenvalue weighted by Gasteiger charge is -2.14. The summed E-state index contributed by atoms with van der Waals surface area (Å²) >= 11 is 5.82. The third-order valence-corrected chi connectivity index (χ3v) is 6.99. The van der Waals surface area contributed by atoms with E-state index in [0.717, 1.165) is 5.56 Å². The molecule has 0 saturated carbocycles. The molecule has 0 bridgehead atoms. The van der Waals surface area contributed by atoms with Crippen molar-refractivity contribution >= 4 is 27.3 Å². The number of hydrogen-bond donors (Lipinski definition) is 2. The number of ether oxygens (including phenoxy) is 1. The lowest BCUT2D eigenvalue weighted by molar-refractivity contribution is 0.0995. The van der Waals surface area contributed by atoms with Gasteiger partial charge in [0.15, 0.2) is 9.84 Å². The van der Waals surface area contributed by atoms with Crippen LogP contribution in [0, 0.1) is 0 Å². The van der Waals surface area contributed by atoms with Crippen LogP contribution in [-0.4, -0.2) is 47.4 Å². The molecule has 1 atom stereocenters. The Morgan fingerprint density at radius 2 is 1.91 bits per heavy atom. The van der Waals surface area contributed by atoms with Gasteiger partial charge in [-0.05, 0) is 55.2 Å². The van der Waals surface area contributed by atoms with Crippen LogP contribution in [0.15, 0.2) is 66.0 Å². The summed E-state index contributed by atoms with van der Waals surface area (Å²) in [4.78, 5) is 15.2. The Labute approximate surface area is 197 Å². The van der Waals surface area contributed by atoms with Gasteiger partial charge in [-0.2, -0.15) is 0 Å². The number of sulfone groups is 1. The molecule has 0 unspecified atom stereocenters. The zero-order valence-electron chi connectivity index (χ0n) is 17.9. The summed E-state index contributed by atoms with van der Waals surface area (Å²) in [6.07, 6.45) is 4.24. The van der Waals surface area contributed by atoms with Crippen molar-refractivity contribution in [1.82, 2.24) is 9.55 Å². The number of carbonyl (C=O) groups excluding carboxylic acids is 1. The molecule has 3 N–H and O–H groups in total. The number of halogens is 1. The largest absolute Gasteiger partial charge is 0.492 e. The first-order chi connectivity index (χ1) is 15.7. The first-order valence-corrected chi connectivity index (χ1v) is 12.5. The van der Waals surface area contributed by atoms with Crippen molar-refractivity contribution in [3.8, 4) is 5.75 Å². The minimum atomic E-state index is -3.47. The molecule has 2 aromatic carbocycles. The fourth-order valence-corrected chi connectivity index (χ4v) is 4.54. The van der Waals surface area contributed by atoms with E-state index in [1.807, 2.05) is 18.2 Å². The van der Waals surface area contributed by atoms with E-state index in [2.05, 4.69) is 4.98 Å². The number of benzene rings is 2. The summed E-state index contributed by atoms with van der Waals surface area (Å²) in [5.74, 6) is -0.139. The van der Waals surface area contributed by atoms with E-state index in [1.54, 1.807) is 22.8 Å². The number of hydrogen-bond acceptors (Lipinski definition) is 6. The number of imidazole rings is 1. The van der Waals surface area contributed by atoms with Gasteiger partial charge in [-0.1, -0.05) is 29.8 Å². The van der Waals surface area contributed by atoms with Crippen LogP contribution in [0.5, 0.6) is 5.75 Å². The fraction of sp³-hybridized carbons (Fsp3) is 0.304. The molecule has 8 nitrogen and oxygen atoms in total. The number of aryl methyl sites for hydroxylation is 1. The lowest BCUT2D eigenvalue weighted by Crippen LogP contribution is -2.16. The van der Waals surface area contributed by atoms with Gasteiger partial charge in [-0.15, -0.1) is 0 Å². The number of carbonyl (C=O) groups is 1. The normalized spacial score (nSPS) is 12.4. The van der Waals surface area contributed by atoms with E-state index in [9.17, 15) is 18.3 Å². The molecule has 3 rings (SSSR count). The number of para-hydroxylation sites is 1. The standard InChI is InChI=1S/C23H26ClN3O5S/c24-18-8-10-20(11-9-18)33(30,31)13-12-32-22-7-2-1-4-17(22)5-3-6-19(28)14-27-15-21(23(25)29)26-16-27/h1-2,4,7-11,15-16,19,28H,3,5-6,12-14H2,(H2,25,29)/t19-/m0/s1. The van der Waals surface area contributed by atoms with Crippen molar-refractivity contribution in [2.24, 2.45) is 5.73 Å². The highest BCUT2D eigenvalue weighted by atomic mass is 35.5. The minimum Gasteiger partial charge on any atom is -0.492 e. The Kier molecular flexibility index (Phi) is 8.49. The second kappa shape index (κ2) is 11.3. The molecule has 0 aliphatic heterocycles. The van der Waals surface area contributed by atoms with E-state index in [1.165, 1.54) is 24.7 Å². The third-order valence-electron chi connectivity index (χ3n) is 5.05. The van der Waals surface area contributed by atoms with E-state index >= 15 is 0 Å². The van der Waals surface area contributed by atoms with Gasteiger partial charge in [-0.3, -0.25) is 4.79 Å². The Balaban J connectivity index is 1.48. The van der Waals surface area contributed by atoms with E-state index in [-0.39, 0.29) is 22.9 Å². The van der Waals surface area contributed by atoms with Crippen molar-refractivity contribution in [2.45, 2.75) is 36.8 Å². The minimum absolute atomic E-state index is 0.0213. The molecule has 1 aromatic heterocycles. The van der Waals surface area contributed by atoms with Gasteiger partial charge in [0.25, 0.3) is 5.91 Å². The number of primary amides is 1. The molecule has 3 aromatic rings. The van der Waals surface area contributed by atoms with Crippen LogP contribution in [0.3, 0.4) is 0 Å². The van der Waals surface area contributed by atoms with Crippen molar-refractivity contribution in [3.63, 3.8) is 0 Å². The van der Waals surface area contributed by atoms with Gasteiger partial charge in [0.2, 0.25) is 0 Å². The molecule has 1 amide bonds. The Morgan fingerprint density at radius 3 is 2.61 bits per heavy atom. The quantitative estimate of drug-likeness (QED) is 0.401. The van der Waals surface area contributed by atoms with Crippen LogP contribution in [0.4, 0.5) is 0 Å². The van der Waals surface area contributed by atoms with Gasteiger partial charge in [0.1, 0.15) is 18.1 Å². The SMILES string of the molecule is NC(=O)c1cn(C[C@@H](O)CCCc2ccccc2OCCS(=O)(=O)c2ccc(Cl)cc2)cn1. The Morgan fingerprint density at radius 1 is 1.18 bits per heavy atom.